The van der Waals surface area contributed by atoms with Gasteiger partial charge in [-0.05, 0) is 51.3 Å². The number of nitrogens with one attached hydrogen (secondary N) is 1. The van der Waals surface area contributed by atoms with Crippen LogP contribution in [0.4, 0.5) is 5.82 Å². The zero-order chi connectivity index (χ0) is 17.9. The lowest BCUT2D eigenvalue weighted by atomic mass is 9.83. The first kappa shape index (κ1) is 17.5. The Morgan fingerprint density at radius 1 is 1.12 bits per heavy atom. The molecule has 1 aliphatic rings. The quantitative estimate of drug-likeness (QED) is 0.929. The Morgan fingerprint density at radius 2 is 1.80 bits per heavy atom. The van der Waals surface area contributed by atoms with E-state index < -0.39 is 5.41 Å². The Balaban J connectivity index is 1.58. The Kier molecular flexibility index (Phi) is 5.07. The molecule has 1 fully saturated rings. The molecule has 1 saturated heterocycles. The monoisotopic (exact) mass is 337 g/mol. The molecule has 1 aromatic carbocycles. The molecule has 2 heterocycles. The first-order valence-corrected chi connectivity index (χ1v) is 9.01. The van der Waals surface area contributed by atoms with Crippen molar-refractivity contribution in [3.63, 3.8) is 0 Å². The molecule has 0 atom stereocenters. The highest BCUT2D eigenvalue weighted by molar-refractivity contribution is 5.87. The van der Waals surface area contributed by atoms with Gasteiger partial charge in [-0.1, -0.05) is 35.9 Å². The average molecular weight is 337 g/mol. The highest BCUT2D eigenvalue weighted by Gasteiger charge is 2.32. The molecule has 4 heteroatoms. The van der Waals surface area contributed by atoms with Crippen molar-refractivity contribution in [3.8, 4) is 0 Å². The van der Waals surface area contributed by atoms with Crippen LogP contribution in [0.25, 0.3) is 0 Å². The summed E-state index contributed by atoms with van der Waals surface area (Å²) in [6.07, 6.45) is 3.73. The van der Waals surface area contributed by atoms with E-state index in [4.69, 9.17) is 0 Å². The van der Waals surface area contributed by atoms with E-state index in [2.05, 4.69) is 46.4 Å². The van der Waals surface area contributed by atoms with Gasteiger partial charge in [-0.15, -0.1) is 0 Å². The zero-order valence-electron chi connectivity index (χ0n) is 15.3. The number of benzene rings is 1. The molecule has 3 rings (SSSR count). The maximum absolute atomic E-state index is 12.8. The van der Waals surface area contributed by atoms with Gasteiger partial charge in [0.15, 0.2) is 0 Å². The normalized spacial score (nSPS) is 15.9. The standard InChI is InChI=1S/C21H27N3O/c1-16-7-9-17(10-8-16)21(2,3)20(25)23-18-11-14-24(15-12-18)19-6-4-5-13-22-19/h4-10,13,18H,11-12,14-15H2,1-3H3,(H,23,25). The van der Waals surface area contributed by atoms with E-state index in [-0.39, 0.29) is 11.9 Å². The SMILES string of the molecule is Cc1ccc(C(C)(C)C(=O)NC2CCN(c3ccccn3)CC2)cc1. The molecule has 4 nitrogen and oxygen atoms in total. The number of pyridine rings is 1. The molecule has 1 aliphatic heterocycles. The zero-order valence-corrected chi connectivity index (χ0v) is 15.3. The first-order chi connectivity index (χ1) is 12.0. The number of carbonyl (C=O) groups is 1. The third-order valence-corrected chi connectivity index (χ3v) is 5.14. The maximum Gasteiger partial charge on any atom is 0.230 e. The van der Waals surface area contributed by atoms with E-state index >= 15 is 0 Å². The molecule has 0 radical (unpaired) electrons. The van der Waals surface area contributed by atoms with Crippen molar-refractivity contribution in [2.24, 2.45) is 0 Å². The van der Waals surface area contributed by atoms with Crippen molar-refractivity contribution >= 4 is 11.7 Å². The van der Waals surface area contributed by atoms with E-state index in [1.54, 1.807) is 0 Å². The fourth-order valence-electron chi connectivity index (χ4n) is 3.26. The van der Waals surface area contributed by atoms with Gasteiger partial charge in [-0.25, -0.2) is 4.98 Å². The van der Waals surface area contributed by atoms with Gasteiger partial charge in [0.2, 0.25) is 5.91 Å². The van der Waals surface area contributed by atoms with Gasteiger partial charge >= 0.3 is 0 Å². The molecule has 0 aliphatic carbocycles. The number of nitrogens with zero attached hydrogens (tertiary/aromatic N) is 2. The molecule has 0 bridgehead atoms. The molecule has 132 valence electrons. The summed E-state index contributed by atoms with van der Waals surface area (Å²) >= 11 is 0. The van der Waals surface area contributed by atoms with Crippen LogP contribution in [-0.4, -0.2) is 30.0 Å². The van der Waals surface area contributed by atoms with Gasteiger partial charge in [-0.3, -0.25) is 4.79 Å². The lowest BCUT2D eigenvalue weighted by molar-refractivity contribution is -0.126. The number of piperidine rings is 1. The number of amides is 1. The summed E-state index contributed by atoms with van der Waals surface area (Å²) in [4.78, 5) is 19.5. The molecule has 1 amide bonds. The van der Waals surface area contributed by atoms with Gasteiger partial charge in [0, 0.05) is 25.3 Å². The topological polar surface area (TPSA) is 45.2 Å². The number of rotatable bonds is 4. The van der Waals surface area contributed by atoms with Gasteiger partial charge in [0.1, 0.15) is 5.82 Å². The molecule has 0 unspecified atom stereocenters. The van der Waals surface area contributed by atoms with Crippen LogP contribution in [0, 0.1) is 6.92 Å². The predicted molar refractivity (Wildman–Crippen MR) is 102 cm³/mol. The van der Waals surface area contributed by atoms with E-state index in [0.29, 0.717) is 0 Å². The minimum Gasteiger partial charge on any atom is -0.356 e. The number of anilines is 1. The van der Waals surface area contributed by atoms with Gasteiger partial charge < -0.3 is 10.2 Å². The summed E-state index contributed by atoms with van der Waals surface area (Å²) in [6.45, 7) is 7.90. The number of hydrogen-bond acceptors (Lipinski definition) is 3. The predicted octanol–water partition coefficient (Wildman–Crippen LogP) is 3.45. The van der Waals surface area contributed by atoms with Crippen LogP contribution in [0.1, 0.15) is 37.8 Å². The number of aryl methyl sites for hydroxylation is 1. The number of aromatic nitrogens is 1. The van der Waals surface area contributed by atoms with Crippen molar-refractivity contribution in [1.82, 2.24) is 10.3 Å². The van der Waals surface area contributed by atoms with Crippen molar-refractivity contribution in [2.75, 3.05) is 18.0 Å². The molecule has 2 aromatic rings. The van der Waals surface area contributed by atoms with Crippen LogP contribution in [0.2, 0.25) is 0 Å². The molecule has 25 heavy (non-hydrogen) atoms. The lowest BCUT2D eigenvalue weighted by Crippen LogP contribution is -2.49. The van der Waals surface area contributed by atoms with Crippen LogP contribution in [0.3, 0.4) is 0 Å². The molecule has 0 saturated carbocycles. The smallest absolute Gasteiger partial charge is 0.230 e. The van der Waals surface area contributed by atoms with Crippen LogP contribution in [0.15, 0.2) is 48.7 Å². The molecule has 1 aromatic heterocycles. The summed E-state index contributed by atoms with van der Waals surface area (Å²) in [5.74, 6) is 1.12. The van der Waals surface area contributed by atoms with Crippen LogP contribution in [-0.2, 0) is 10.2 Å². The molecular formula is C21H27N3O. The molecule has 0 spiro atoms. The highest BCUT2D eigenvalue weighted by atomic mass is 16.2. The number of hydrogen-bond donors (Lipinski definition) is 1. The fourth-order valence-corrected chi connectivity index (χ4v) is 3.26. The third kappa shape index (κ3) is 4.01. The molecular weight excluding hydrogens is 310 g/mol. The lowest BCUT2D eigenvalue weighted by Gasteiger charge is -2.35. The largest absolute Gasteiger partial charge is 0.356 e. The Hall–Kier alpha value is -2.36. The second kappa shape index (κ2) is 7.26. The maximum atomic E-state index is 12.8. The minimum absolute atomic E-state index is 0.104. The van der Waals surface area contributed by atoms with Gasteiger partial charge in [0.05, 0.1) is 5.41 Å². The van der Waals surface area contributed by atoms with Crippen molar-refractivity contribution in [1.29, 1.82) is 0 Å². The van der Waals surface area contributed by atoms with Crippen LogP contribution >= 0.6 is 0 Å². The van der Waals surface area contributed by atoms with E-state index in [1.165, 1.54) is 5.56 Å². The van der Waals surface area contributed by atoms with Crippen LogP contribution < -0.4 is 10.2 Å². The van der Waals surface area contributed by atoms with E-state index in [0.717, 1.165) is 37.3 Å². The Morgan fingerprint density at radius 3 is 2.40 bits per heavy atom. The Bertz CT molecular complexity index is 702. The number of carbonyl (C=O) groups excluding carboxylic acids is 1. The van der Waals surface area contributed by atoms with Crippen molar-refractivity contribution < 1.29 is 4.79 Å². The summed E-state index contributed by atoms with van der Waals surface area (Å²) in [6, 6.07) is 14.5. The highest BCUT2D eigenvalue weighted by Crippen LogP contribution is 2.25. The summed E-state index contributed by atoms with van der Waals surface area (Å²) in [5, 5.41) is 3.26. The van der Waals surface area contributed by atoms with Gasteiger partial charge in [0.25, 0.3) is 0 Å². The second-order valence-electron chi connectivity index (χ2n) is 7.41. The minimum atomic E-state index is -0.522. The van der Waals surface area contributed by atoms with Gasteiger partial charge in [-0.2, -0.15) is 0 Å². The first-order valence-electron chi connectivity index (χ1n) is 9.01. The van der Waals surface area contributed by atoms with Crippen LogP contribution in [0.5, 0.6) is 0 Å². The fraction of sp³-hybridized carbons (Fsp3) is 0.429. The summed E-state index contributed by atoms with van der Waals surface area (Å²) in [7, 11) is 0. The van der Waals surface area contributed by atoms with Crippen molar-refractivity contribution in [3.05, 3.63) is 59.8 Å². The summed E-state index contributed by atoms with van der Waals surface area (Å²) < 4.78 is 0. The average Bonchev–Trinajstić information content (AvgIpc) is 2.63. The second-order valence-corrected chi connectivity index (χ2v) is 7.41. The van der Waals surface area contributed by atoms with E-state index in [1.807, 2.05) is 38.2 Å². The Labute approximate surface area is 150 Å². The third-order valence-electron chi connectivity index (χ3n) is 5.14. The van der Waals surface area contributed by atoms with Crippen molar-refractivity contribution in [2.45, 2.75) is 45.1 Å². The summed E-state index contributed by atoms with van der Waals surface area (Å²) in [5.41, 5.74) is 1.75. The molecule has 1 N–H and O–H groups in total. The van der Waals surface area contributed by atoms with E-state index in [9.17, 15) is 4.79 Å².